The molecule has 0 radical (unpaired) electrons. The van der Waals surface area contributed by atoms with E-state index in [0.717, 1.165) is 30.2 Å². The summed E-state index contributed by atoms with van der Waals surface area (Å²) in [7, 11) is 0. The molecule has 1 fully saturated rings. The Kier molecular flexibility index (Phi) is 4.51. The number of alkyl halides is 3. The average molecular weight is 443 g/mol. The highest BCUT2D eigenvalue weighted by atomic mass is 19.4. The van der Waals surface area contributed by atoms with Crippen molar-refractivity contribution in [2.24, 2.45) is 5.41 Å². The highest BCUT2D eigenvalue weighted by Gasteiger charge is 2.48. The van der Waals surface area contributed by atoms with E-state index in [9.17, 15) is 18.0 Å². The summed E-state index contributed by atoms with van der Waals surface area (Å²) in [5.74, 6) is 1.18. The lowest BCUT2D eigenvalue weighted by Crippen LogP contribution is -2.31. The number of amides is 1. The summed E-state index contributed by atoms with van der Waals surface area (Å²) in [4.78, 5) is 23.7. The lowest BCUT2D eigenvalue weighted by atomic mass is 9.97. The standard InChI is InChI=1S/C23H24F3N5O/c1-13-15(5-4-6-17(13)23(24,25)26)14(2)28-19-16-11-30(20(32)22(3)7-8-22)12-18(16)31-10-9-27-21(31)29-19/h4-6,9-10,14H,7-8,11-12H2,1-3H3,(H,27,28,29)/t14-/m1/s1. The third-order valence-corrected chi connectivity index (χ3v) is 6.75. The summed E-state index contributed by atoms with van der Waals surface area (Å²) in [6.45, 7) is 6.17. The number of anilines is 1. The molecule has 1 aromatic carbocycles. The molecular weight excluding hydrogens is 419 g/mol. The second-order valence-electron chi connectivity index (χ2n) is 9.09. The zero-order chi connectivity index (χ0) is 22.8. The highest BCUT2D eigenvalue weighted by Crippen LogP contribution is 2.48. The van der Waals surface area contributed by atoms with Crippen LogP contribution in [0.3, 0.4) is 0 Å². The maximum atomic E-state index is 13.4. The number of carbonyl (C=O) groups excluding carboxylic acids is 1. The molecule has 6 nitrogen and oxygen atoms in total. The van der Waals surface area contributed by atoms with Crippen LogP contribution in [0.2, 0.25) is 0 Å². The minimum Gasteiger partial charge on any atom is -0.363 e. The maximum absolute atomic E-state index is 13.4. The molecule has 0 unspecified atom stereocenters. The van der Waals surface area contributed by atoms with Gasteiger partial charge in [-0.1, -0.05) is 19.1 Å². The van der Waals surface area contributed by atoms with Crippen LogP contribution in [0.1, 0.15) is 60.7 Å². The average Bonchev–Trinajstić information content (AvgIpc) is 3.14. The van der Waals surface area contributed by atoms with Crippen LogP contribution in [-0.4, -0.2) is 25.2 Å². The van der Waals surface area contributed by atoms with E-state index in [1.807, 2.05) is 29.3 Å². The molecule has 0 bridgehead atoms. The number of rotatable bonds is 4. The van der Waals surface area contributed by atoms with Gasteiger partial charge in [-0.2, -0.15) is 18.2 Å². The van der Waals surface area contributed by atoms with Crippen LogP contribution in [0.25, 0.3) is 5.78 Å². The molecule has 1 saturated carbocycles. The highest BCUT2D eigenvalue weighted by molar-refractivity contribution is 5.85. The van der Waals surface area contributed by atoms with Gasteiger partial charge in [0.05, 0.1) is 30.4 Å². The number of carbonyl (C=O) groups is 1. The quantitative estimate of drug-likeness (QED) is 0.625. The van der Waals surface area contributed by atoms with E-state index < -0.39 is 17.8 Å². The molecule has 32 heavy (non-hydrogen) atoms. The second kappa shape index (κ2) is 6.95. The van der Waals surface area contributed by atoms with Gasteiger partial charge in [-0.3, -0.25) is 9.20 Å². The monoisotopic (exact) mass is 443 g/mol. The number of fused-ring (bicyclic) bond motifs is 3. The first-order valence-electron chi connectivity index (χ1n) is 10.7. The first-order chi connectivity index (χ1) is 15.1. The Hall–Kier alpha value is -3.10. The fraction of sp³-hybridized carbons (Fsp3) is 0.435. The molecule has 1 amide bonds. The van der Waals surface area contributed by atoms with Crippen molar-refractivity contribution in [1.29, 1.82) is 0 Å². The predicted molar refractivity (Wildman–Crippen MR) is 113 cm³/mol. The Morgan fingerprint density at radius 3 is 2.69 bits per heavy atom. The molecule has 1 aliphatic carbocycles. The van der Waals surface area contributed by atoms with Crippen LogP contribution in [0.5, 0.6) is 0 Å². The topological polar surface area (TPSA) is 62.5 Å². The van der Waals surface area contributed by atoms with Crippen LogP contribution in [0.4, 0.5) is 19.0 Å². The molecule has 2 aliphatic rings. The number of hydrogen-bond acceptors (Lipinski definition) is 4. The summed E-state index contributed by atoms with van der Waals surface area (Å²) in [5, 5.41) is 3.30. The molecule has 0 spiro atoms. The van der Waals surface area contributed by atoms with Gasteiger partial charge in [0.1, 0.15) is 5.82 Å². The molecule has 1 atom stereocenters. The molecular formula is C23H24F3N5O. The minimum absolute atomic E-state index is 0.134. The normalized spacial score (nSPS) is 18.0. The SMILES string of the molecule is Cc1c([C@@H](C)Nc2nc3nccn3c3c2CN(C(=O)C2(C)CC2)C3)cccc1C(F)(F)F. The summed E-state index contributed by atoms with van der Waals surface area (Å²) in [6, 6.07) is 3.80. The Morgan fingerprint density at radius 2 is 2.00 bits per heavy atom. The molecule has 9 heteroatoms. The van der Waals surface area contributed by atoms with E-state index in [-0.39, 0.29) is 16.9 Å². The van der Waals surface area contributed by atoms with Crippen molar-refractivity contribution < 1.29 is 18.0 Å². The fourth-order valence-electron chi connectivity index (χ4n) is 4.56. The van der Waals surface area contributed by atoms with Crippen LogP contribution in [0, 0.1) is 12.3 Å². The van der Waals surface area contributed by atoms with Crippen molar-refractivity contribution in [2.75, 3.05) is 5.32 Å². The summed E-state index contributed by atoms with van der Waals surface area (Å²) in [5.41, 5.74) is 1.64. The van der Waals surface area contributed by atoms with Crippen molar-refractivity contribution in [3.63, 3.8) is 0 Å². The van der Waals surface area contributed by atoms with Crippen LogP contribution in [-0.2, 0) is 24.1 Å². The van der Waals surface area contributed by atoms with Gasteiger partial charge < -0.3 is 10.2 Å². The fourth-order valence-corrected chi connectivity index (χ4v) is 4.56. The van der Waals surface area contributed by atoms with Gasteiger partial charge in [0.15, 0.2) is 0 Å². The van der Waals surface area contributed by atoms with E-state index in [1.54, 1.807) is 12.3 Å². The first kappa shape index (κ1) is 20.8. The van der Waals surface area contributed by atoms with Crippen molar-refractivity contribution in [2.45, 2.75) is 58.9 Å². The van der Waals surface area contributed by atoms with Gasteiger partial charge in [-0.05, 0) is 43.9 Å². The molecule has 0 saturated heterocycles. The third kappa shape index (κ3) is 3.30. The lowest BCUT2D eigenvalue weighted by Gasteiger charge is -2.22. The summed E-state index contributed by atoms with van der Waals surface area (Å²) >= 11 is 0. The first-order valence-corrected chi connectivity index (χ1v) is 10.7. The number of nitrogens with zero attached hydrogens (tertiary/aromatic N) is 4. The van der Waals surface area contributed by atoms with E-state index in [2.05, 4.69) is 15.3 Å². The second-order valence-corrected chi connectivity index (χ2v) is 9.09. The van der Waals surface area contributed by atoms with Gasteiger partial charge >= 0.3 is 6.18 Å². The number of imidazole rings is 1. The van der Waals surface area contributed by atoms with Crippen molar-refractivity contribution in [3.05, 3.63) is 58.5 Å². The minimum atomic E-state index is -4.41. The Balaban J connectivity index is 1.50. The molecule has 5 rings (SSSR count). The van der Waals surface area contributed by atoms with Crippen molar-refractivity contribution >= 4 is 17.5 Å². The van der Waals surface area contributed by atoms with Gasteiger partial charge in [0.2, 0.25) is 11.7 Å². The Labute approximate surface area is 183 Å². The molecule has 1 N–H and O–H groups in total. The van der Waals surface area contributed by atoms with Crippen molar-refractivity contribution in [1.82, 2.24) is 19.3 Å². The molecule has 2 aromatic heterocycles. The van der Waals surface area contributed by atoms with Crippen LogP contribution in [0.15, 0.2) is 30.6 Å². The summed E-state index contributed by atoms with van der Waals surface area (Å²) < 4.78 is 42.0. The Bertz CT molecular complexity index is 1230. The number of hydrogen-bond donors (Lipinski definition) is 1. The molecule has 1 aliphatic heterocycles. The van der Waals surface area contributed by atoms with Gasteiger partial charge in [-0.25, -0.2) is 4.98 Å². The maximum Gasteiger partial charge on any atom is 0.416 e. The Morgan fingerprint density at radius 1 is 1.25 bits per heavy atom. The van der Waals surface area contributed by atoms with E-state index in [0.29, 0.717) is 30.2 Å². The molecule has 3 heterocycles. The van der Waals surface area contributed by atoms with E-state index in [4.69, 9.17) is 0 Å². The van der Waals surface area contributed by atoms with Crippen LogP contribution < -0.4 is 5.32 Å². The number of aromatic nitrogens is 3. The number of nitrogens with one attached hydrogen (secondary N) is 1. The van der Waals surface area contributed by atoms with E-state index >= 15 is 0 Å². The largest absolute Gasteiger partial charge is 0.416 e. The number of benzene rings is 1. The van der Waals surface area contributed by atoms with Crippen molar-refractivity contribution in [3.8, 4) is 0 Å². The smallest absolute Gasteiger partial charge is 0.363 e. The molecule has 3 aromatic rings. The zero-order valence-corrected chi connectivity index (χ0v) is 18.1. The van der Waals surface area contributed by atoms with Crippen LogP contribution >= 0.6 is 0 Å². The van der Waals surface area contributed by atoms with Gasteiger partial charge in [0.25, 0.3) is 0 Å². The lowest BCUT2D eigenvalue weighted by molar-refractivity contribution is -0.138. The summed E-state index contributed by atoms with van der Waals surface area (Å²) in [6.07, 6.45) is 0.855. The third-order valence-electron chi connectivity index (χ3n) is 6.75. The molecule has 168 valence electrons. The van der Waals surface area contributed by atoms with E-state index in [1.165, 1.54) is 13.0 Å². The number of halogens is 3. The predicted octanol–water partition coefficient (Wildman–Crippen LogP) is 4.87. The van der Waals surface area contributed by atoms with Gasteiger partial charge in [-0.15, -0.1) is 0 Å². The zero-order valence-electron chi connectivity index (χ0n) is 18.1. The van der Waals surface area contributed by atoms with Gasteiger partial charge in [0, 0.05) is 23.4 Å².